The minimum atomic E-state index is 0.471. The molecule has 1 saturated carbocycles. The van der Waals surface area contributed by atoms with Crippen molar-refractivity contribution in [3.05, 3.63) is 35.9 Å². The van der Waals surface area contributed by atoms with Crippen LogP contribution in [-0.4, -0.2) is 18.2 Å². The highest BCUT2D eigenvalue weighted by Gasteiger charge is 2.44. The Morgan fingerprint density at radius 1 is 1.20 bits per heavy atom. The summed E-state index contributed by atoms with van der Waals surface area (Å²) >= 11 is 0. The molecular weight excluding hydrogens is 186 g/mol. The summed E-state index contributed by atoms with van der Waals surface area (Å²) in [7, 11) is 2.07. The maximum atomic E-state index is 5.89. The fourth-order valence-electron chi connectivity index (χ4n) is 3.10. The first-order chi connectivity index (χ1) is 7.36. The molecule has 2 fully saturated rings. The van der Waals surface area contributed by atoms with Gasteiger partial charge in [0.05, 0.1) is 12.1 Å². The lowest BCUT2D eigenvalue weighted by Crippen LogP contribution is -2.19. The summed E-state index contributed by atoms with van der Waals surface area (Å²) < 4.78 is 0. The highest BCUT2D eigenvalue weighted by Crippen LogP contribution is 2.46. The number of fused-ring (bicyclic) bond motifs is 1. The number of hydroxylamine groups is 2. The molecule has 0 aromatic heterocycles. The third kappa shape index (κ3) is 1.48. The fourth-order valence-corrected chi connectivity index (χ4v) is 3.10. The summed E-state index contributed by atoms with van der Waals surface area (Å²) in [5.41, 5.74) is 1.40. The molecule has 0 N–H and O–H groups in total. The van der Waals surface area contributed by atoms with Crippen molar-refractivity contribution in [3.8, 4) is 0 Å². The third-order valence-corrected chi connectivity index (χ3v) is 3.74. The maximum absolute atomic E-state index is 5.89. The number of nitrogens with zero attached hydrogens (tertiary/aromatic N) is 1. The Morgan fingerprint density at radius 2 is 2.00 bits per heavy atom. The second-order valence-electron chi connectivity index (χ2n) is 4.64. The summed E-state index contributed by atoms with van der Waals surface area (Å²) in [5, 5.41) is 2.06. The zero-order valence-electron chi connectivity index (χ0n) is 9.10. The summed E-state index contributed by atoms with van der Waals surface area (Å²) in [6.07, 6.45) is 4.35. The number of benzene rings is 1. The summed E-state index contributed by atoms with van der Waals surface area (Å²) in [6.45, 7) is 0. The highest BCUT2D eigenvalue weighted by molar-refractivity contribution is 5.21. The molecule has 0 radical (unpaired) electrons. The Bertz CT molecular complexity index is 338. The third-order valence-electron chi connectivity index (χ3n) is 3.74. The van der Waals surface area contributed by atoms with Gasteiger partial charge < -0.3 is 0 Å². The van der Waals surface area contributed by atoms with Gasteiger partial charge in [0.15, 0.2) is 0 Å². The molecule has 1 aromatic rings. The Balaban J connectivity index is 1.91. The molecule has 15 heavy (non-hydrogen) atoms. The van der Waals surface area contributed by atoms with E-state index in [1.54, 1.807) is 0 Å². The van der Waals surface area contributed by atoms with E-state index in [4.69, 9.17) is 4.84 Å². The van der Waals surface area contributed by atoms with Crippen LogP contribution in [0.3, 0.4) is 0 Å². The monoisotopic (exact) mass is 203 g/mol. The van der Waals surface area contributed by atoms with Gasteiger partial charge in [0, 0.05) is 13.0 Å². The van der Waals surface area contributed by atoms with Crippen LogP contribution in [0.5, 0.6) is 0 Å². The smallest absolute Gasteiger partial charge is 0.0840 e. The molecule has 80 valence electrons. The molecule has 0 unspecified atom stereocenters. The Kier molecular flexibility index (Phi) is 2.26. The maximum Gasteiger partial charge on any atom is 0.0840 e. The van der Waals surface area contributed by atoms with Gasteiger partial charge in [-0.15, -0.1) is 0 Å². The largest absolute Gasteiger partial charge is 0.295 e. The molecule has 0 bridgehead atoms. The molecule has 2 heteroatoms. The SMILES string of the molecule is CN1O[C@@H]2CCC[C@@H]2[C@@H]1c1ccccc1. The lowest BCUT2D eigenvalue weighted by molar-refractivity contribution is -0.144. The van der Waals surface area contributed by atoms with Gasteiger partial charge in [0.25, 0.3) is 0 Å². The van der Waals surface area contributed by atoms with Crippen molar-refractivity contribution in [1.29, 1.82) is 0 Å². The first kappa shape index (κ1) is 9.37. The fraction of sp³-hybridized carbons (Fsp3) is 0.538. The van der Waals surface area contributed by atoms with Gasteiger partial charge in [-0.05, 0) is 18.4 Å². The van der Waals surface area contributed by atoms with Crippen molar-refractivity contribution in [2.45, 2.75) is 31.4 Å². The highest BCUT2D eigenvalue weighted by atomic mass is 16.7. The minimum absolute atomic E-state index is 0.471. The molecule has 3 atom stereocenters. The Labute approximate surface area is 90.8 Å². The predicted molar refractivity (Wildman–Crippen MR) is 59.2 cm³/mol. The van der Waals surface area contributed by atoms with Gasteiger partial charge in [-0.3, -0.25) is 4.84 Å². The van der Waals surface area contributed by atoms with Crippen LogP contribution in [0.2, 0.25) is 0 Å². The number of hydrogen-bond acceptors (Lipinski definition) is 2. The second-order valence-corrected chi connectivity index (χ2v) is 4.64. The van der Waals surface area contributed by atoms with Gasteiger partial charge in [-0.1, -0.05) is 36.8 Å². The molecule has 2 nitrogen and oxygen atoms in total. The lowest BCUT2D eigenvalue weighted by Gasteiger charge is -2.21. The van der Waals surface area contributed by atoms with Crippen molar-refractivity contribution in [2.24, 2.45) is 5.92 Å². The molecule has 1 heterocycles. The van der Waals surface area contributed by atoms with Crippen LogP contribution >= 0.6 is 0 Å². The van der Waals surface area contributed by atoms with E-state index >= 15 is 0 Å². The first-order valence-corrected chi connectivity index (χ1v) is 5.81. The minimum Gasteiger partial charge on any atom is -0.295 e. The number of rotatable bonds is 1. The standard InChI is InChI=1S/C13H17NO/c1-14-13(10-6-3-2-4-7-10)11-8-5-9-12(11)15-14/h2-4,6-7,11-13H,5,8-9H2,1H3/t11-,12+,13-/m0/s1. The van der Waals surface area contributed by atoms with Gasteiger partial charge >= 0.3 is 0 Å². The van der Waals surface area contributed by atoms with Gasteiger partial charge in [0.1, 0.15) is 0 Å². The van der Waals surface area contributed by atoms with Crippen LogP contribution < -0.4 is 0 Å². The van der Waals surface area contributed by atoms with Crippen molar-refractivity contribution in [2.75, 3.05) is 7.05 Å². The molecule has 0 spiro atoms. The average molecular weight is 203 g/mol. The van der Waals surface area contributed by atoms with E-state index in [0.29, 0.717) is 18.1 Å². The van der Waals surface area contributed by atoms with Crippen LogP contribution in [0, 0.1) is 5.92 Å². The Hall–Kier alpha value is -0.860. The van der Waals surface area contributed by atoms with Crippen LogP contribution in [0.4, 0.5) is 0 Å². The zero-order valence-corrected chi connectivity index (χ0v) is 9.10. The van der Waals surface area contributed by atoms with Gasteiger partial charge in [0.2, 0.25) is 0 Å². The molecule has 1 aliphatic carbocycles. The molecule has 1 aliphatic heterocycles. The van der Waals surface area contributed by atoms with Crippen LogP contribution in [-0.2, 0) is 4.84 Å². The molecular formula is C13H17NO. The van der Waals surface area contributed by atoms with E-state index in [9.17, 15) is 0 Å². The summed E-state index contributed by atoms with van der Waals surface area (Å²) in [4.78, 5) is 5.89. The van der Waals surface area contributed by atoms with Crippen molar-refractivity contribution in [3.63, 3.8) is 0 Å². The van der Waals surface area contributed by atoms with E-state index in [0.717, 1.165) is 0 Å². The molecule has 0 amide bonds. The zero-order chi connectivity index (χ0) is 10.3. The van der Waals surface area contributed by atoms with E-state index < -0.39 is 0 Å². The second kappa shape index (κ2) is 3.62. The molecule has 3 rings (SSSR count). The summed E-state index contributed by atoms with van der Waals surface area (Å²) in [6, 6.07) is 11.2. The predicted octanol–water partition coefficient (Wildman–Crippen LogP) is 2.77. The van der Waals surface area contributed by atoms with Gasteiger partial charge in [-0.25, -0.2) is 0 Å². The molecule has 2 aliphatic rings. The first-order valence-electron chi connectivity index (χ1n) is 5.81. The van der Waals surface area contributed by atoms with Crippen LogP contribution in [0.1, 0.15) is 30.9 Å². The summed E-state index contributed by atoms with van der Waals surface area (Å²) in [5.74, 6) is 0.706. The van der Waals surface area contributed by atoms with E-state index in [-0.39, 0.29) is 0 Å². The van der Waals surface area contributed by atoms with E-state index in [1.165, 1.54) is 24.8 Å². The van der Waals surface area contributed by atoms with Crippen LogP contribution in [0.25, 0.3) is 0 Å². The molecule has 1 saturated heterocycles. The van der Waals surface area contributed by atoms with E-state index in [2.05, 4.69) is 42.4 Å². The molecule has 1 aromatic carbocycles. The van der Waals surface area contributed by atoms with Crippen LogP contribution in [0.15, 0.2) is 30.3 Å². The van der Waals surface area contributed by atoms with Crippen molar-refractivity contribution < 1.29 is 4.84 Å². The Morgan fingerprint density at radius 3 is 2.80 bits per heavy atom. The topological polar surface area (TPSA) is 12.5 Å². The van der Waals surface area contributed by atoms with Crippen molar-refractivity contribution >= 4 is 0 Å². The normalized spacial score (nSPS) is 35.7. The quantitative estimate of drug-likeness (QED) is 0.696. The van der Waals surface area contributed by atoms with Gasteiger partial charge in [-0.2, -0.15) is 5.06 Å². The van der Waals surface area contributed by atoms with E-state index in [1.807, 2.05) is 0 Å². The number of hydrogen-bond donors (Lipinski definition) is 0. The lowest BCUT2D eigenvalue weighted by atomic mass is 9.91. The average Bonchev–Trinajstić information content (AvgIpc) is 2.78. The van der Waals surface area contributed by atoms with Crippen molar-refractivity contribution in [1.82, 2.24) is 5.06 Å².